The van der Waals surface area contributed by atoms with Gasteiger partial charge in [-0.15, -0.1) is 11.3 Å². The molecule has 1 aliphatic heterocycles. The molecule has 1 aliphatic rings. The van der Waals surface area contributed by atoms with Crippen molar-refractivity contribution in [1.82, 2.24) is 14.5 Å². The van der Waals surface area contributed by atoms with Crippen LogP contribution in [0.5, 0.6) is 0 Å². The molecular weight excluding hydrogens is 679 g/mol. The van der Waals surface area contributed by atoms with Crippen LogP contribution in [0, 0.1) is 0 Å². The zero-order chi connectivity index (χ0) is 35.0. The number of aromatic nitrogens is 3. The summed E-state index contributed by atoms with van der Waals surface area (Å²) in [7, 11) is -1.81. The zero-order valence-electron chi connectivity index (χ0n) is 29.2. The van der Waals surface area contributed by atoms with E-state index in [0.29, 0.717) is 5.95 Å². The van der Waals surface area contributed by atoms with Gasteiger partial charge in [-0.1, -0.05) is 134 Å². The molecule has 0 radical (unpaired) electrons. The van der Waals surface area contributed by atoms with E-state index in [-0.39, 0.29) is 0 Å². The minimum Gasteiger partial charge on any atom is -0.278 e. The first kappa shape index (κ1) is 29.4. The molecule has 0 aliphatic carbocycles. The molecule has 0 fully saturated rings. The first-order valence-electron chi connectivity index (χ1n) is 18.2. The fourth-order valence-corrected chi connectivity index (χ4v) is 13.5. The fraction of sp³-hybridized carbons (Fsp3) is 0.0417. The summed E-state index contributed by atoms with van der Waals surface area (Å²) < 4.78 is 4.64. The summed E-state index contributed by atoms with van der Waals surface area (Å²) in [6, 6.07) is 55.9. The third-order valence-electron chi connectivity index (χ3n) is 11.8. The number of hydrogen-bond acceptors (Lipinski definition) is 3. The predicted molar refractivity (Wildman–Crippen MR) is 229 cm³/mol. The van der Waals surface area contributed by atoms with E-state index in [4.69, 9.17) is 9.97 Å². The van der Waals surface area contributed by atoms with Crippen LogP contribution >= 0.6 is 11.3 Å². The van der Waals surface area contributed by atoms with Crippen molar-refractivity contribution in [1.29, 1.82) is 0 Å². The summed E-state index contributed by atoms with van der Waals surface area (Å²) in [6.45, 7) is 4.98. The monoisotopic (exact) mass is 709 g/mol. The number of thiophene rings is 1. The molecular formula is C48H31N3SSi. The van der Waals surface area contributed by atoms with Gasteiger partial charge in [0.05, 0.1) is 26.9 Å². The van der Waals surface area contributed by atoms with Crippen LogP contribution in [-0.4, -0.2) is 22.6 Å². The van der Waals surface area contributed by atoms with E-state index in [1.54, 1.807) is 11.3 Å². The maximum absolute atomic E-state index is 5.56. The molecule has 4 heterocycles. The Kier molecular flexibility index (Phi) is 5.82. The van der Waals surface area contributed by atoms with Crippen LogP contribution in [0.15, 0.2) is 152 Å². The topological polar surface area (TPSA) is 30.7 Å². The average molecular weight is 710 g/mol. The van der Waals surface area contributed by atoms with Gasteiger partial charge in [-0.25, -0.2) is 9.97 Å². The smallest absolute Gasteiger partial charge is 0.235 e. The Morgan fingerprint density at radius 2 is 1.26 bits per heavy atom. The molecule has 3 aromatic heterocycles. The van der Waals surface area contributed by atoms with Gasteiger partial charge in [0.2, 0.25) is 5.95 Å². The molecule has 0 atom stereocenters. The maximum atomic E-state index is 5.56. The van der Waals surface area contributed by atoms with Crippen LogP contribution in [0.25, 0.3) is 103 Å². The van der Waals surface area contributed by atoms with Crippen LogP contribution in [0.1, 0.15) is 0 Å². The van der Waals surface area contributed by atoms with E-state index >= 15 is 0 Å². The molecule has 0 saturated heterocycles. The lowest BCUT2D eigenvalue weighted by molar-refractivity contribution is 1.02. The van der Waals surface area contributed by atoms with E-state index in [2.05, 4.69) is 169 Å². The van der Waals surface area contributed by atoms with Gasteiger partial charge < -0.3 is 0 Å². The van der Waals surface area contributed by atoms with E-state index in [1.807, 2.05) is 0 Å². The summed E-state index contributed by atoms with van der Waals surface area (Å²) in [5.41, 5.74) is 8.12. The van der Waals surface area contributed by atoms with Crippen molar-refractivity contribution in [2.45, 2.75) is 13.1 Å². The standard InChI is InChI=1S/C48H31N3SSi/c1-53(2)41-18-10-8-16-35(41)43-36-27-37-34-15-7-9-17-38(34)51(39(37)26-31(36)22-24-42(43)53)48-49-45(32-20-19-28-11-3-4-13-30(28)25-32)47-46(50-48)44-33-14-6-5-12-29(33)21-23-40(44)52-47/h3-27H,1-2H3. The van der Waals surface area contributed by atoms with Gasteiger partial charge >= 0.3 is 0 Å². The normalized spacial score (nSPS) is 13.6. The number of hydrogen-bond donors (Lipinski definition) is 0. The van der Waals surface area contributed by atoms with Gasteiger partial charge in [0, 0.05) is 26.4 Å². The van der Waals surface area contributed by atoms with E-state index in [0.717, 1.165) is 32.5 Å². The van der Waals surface area contributed by atoms with Crippen molar-refractivity contribution < 1.29 is 0 Å². The second kappa shape index (κ2) is 10.5. The molecule has 8 aromatic carbocycles. The van der Waals surface area contributed by atoms with Crippen molar-refractivity contribution in [2.75, 3.05) is 0 Å². The summed E-state index contributed by atoms with van der Waals surface area (Å²) in [5.74, 6) is 0.693. The first-order valence-corrected chi connectivity index (χ1v) is 22.1. The van der Waals surface area contributed by atoms with Crippen LogP contribution in [0.3, 0.4) is 0 Å². The molecule has 0 spiro atoms. The van der Waals surface area contributed by atoms with Crippen molar-refractivity contribution in [3.63, 3.8) is 0 Å². The largest absolute Gasteiger partial charge is 0.278 e. The number of nitrogens with zero attached hydrogens (tertiary/aromatic N) is 3. The summed E-state index contributed by atoms with van der Waals surface area (Å²) in [4.78, 5) is 11.1. The minimum atomic E-state index is -1.81. The fourth-order valence-electron chi connectivity index (χ4n) is 9.23. The molecule has 0 unspecified atom stereocenters. The molecule has 248 valence electrons. The highest BCUT2D eigenvalue weighted by molar-refractivity contribution is 7.26. The Hall–Kier alpha value is -6.14. The number of para-hydroxylation sites is 1. The lowest BCUT2D eigenvalue weighted by Crippen LogP contribution is -2.49. The molecule has 0 amide bonds. The summed E-state index contributed by atoms with van der Waals surface area (Å²) >= 11 is 1.79. The second-order valence-corrected chi connectivity index (χ2v) is 20.4. The molecule has 0 N–H and O–H groups in total. The lowest BCUT2D eigenvalue weighted by atomic mass is 9.96. The number of fused-ring (bicyclic) bond motifs is 14. The molecule has 3 nitrogen and oxygen atoms in total. The Morgan fingerprint density at radius 3 is 2.17 bits per heavy atom. The molecule has 11 aromatic rings. The average Bonchev–Trinajstić information content (AvgIpc) is 3.82. The van der Waals surface area contributed by atoms with Gasteiger partial charge in [0.25, 0.3) is 0 Å². The summed E-state index contributed by atoms with van der Waals surface area (Å²) in [5, 5.41) is 14.1. The van der Waals surface area contributed by atoms with Crippen molar-refractivity contribution >= 4 is 104 Å². The quantitative estimate of drug-likeness (QED) is 0.167. The van der Waals surface area contributed by atoms with Gasteiger partial charge in [-0.3, -0.25) is 4.57 Å². The third kappa shape index (κ3) is 3.98. The Labute approximate surface area is 310 Å². The third-order valence-corrected chi connectivity index (χ3v) is 16.5. The second-order valence-electron chi connectivity index (χ2n) is 15.0. The number of benzene rings is 8. The van der Waals surface area contributed by atoms with Crippen LogP contribution in [0.2, 0.25) is 13.1 Å². The number of rotatable bonds is 2. The molecule has 0 bridgehead atoms. The lowest BCUT2D eigenvalue weighted by Gasteiger charge is -2.18. The molecule has 0 saturated carbocycles. The van der Waals surface area contributed by atoms with Crippen LogP contribution in [0.4, 0.5) is 0 Å². The van der Waals surface area contributed by atoms with Gasteiger partial charge in [-0.2, -0.15) is 0 Å². The van der Waals surface area contributed by atoms with Gasteiger partial charge in [0.1, 0.15) is 8.07 Å². The molecule has 5 heteroatoms. The van der Waals surface area contributed by atoms with Gasteiger partial charge in [0.15, 0.2) is 0 Å². The van der Waals surface area contributed by atoms with Crippen molar-refractivity contribution in [2.24, 2.45) is 0 Å². The van der Waals surface area contributed by atoms with E-state index in [9.17, 15) is 0 Å². The Balaban J connectivity index is 1.21. The Bertz CT molecular complexity index is 3390. The highest BCUT2D eigenvalue weighted by Crippen LogP contribution is 2.44. The van der Waals surface area contributed by atoms with Crippen molar-refractivity contribution in [3.8, 4) is 28.3 Å². The summed E-state index contributed by atoms with van der Waals surface area (Å²) in [6.07, 6.45) is 0. The highest BCUT2D eigenvalue weighted by atomic mass is 32.1. The Morgan fingerprint density at radius 1 is 0.528 bits per heavy atom. The van der Waals surface area contributed by atoms with Crippen LogP contribution < -0.4 is 10.4 Å². The first-order chi connectivity index (χ1) is 26.0. The SMILES string of the molecule is C[Si]1(C)c2ccccc2-c2c1ccc1cc3c(cc21)c1ccccc1n3-c1nc(-c2ccc3ccccc3c2)c2sc3ccc4ccccc4c3c2n1. The molecule has 53 heavy (non-hydrogen) atoms. The highest BCUT2D eigenvalue weighted by Gasteiger charge is 2.38. The molecule has 12 rings (SSSR count). The van der Waals surface area contributed by atoms with E-state index in [1.165, 1.54) is 74.7 Å². The van der Waals surface area contributed by atoms with Crippen molar-refractivity contribution in [3.05, 3.63) is 152 Å². The van der Waals surface area contributed by atoms with Crippen LogP contribution in [-0.2, 0) is 0 Å². The van der Waals surface area contributed by atoms with Gasteiger partial charge in [-0.05, 0) is 84.1 Å². The minimum absolute atomic E-state index is 0.693. The zero-order valence-corrected chi connectivity index (χ0v) is 31.0. The predicted octanol–water partition coefficient (Wildman–Crippen LogP) is 11.9. The van der Waals surface area contributed by atoms with E-state index < -0.39 is 8.07 Å². The maximum Gasteiger partial charge on any atom is 0.235 e.